The van der Waals surface area contributed by atoms with E-state index in [-0.39, 0.29) is 1.43 Å². The van der Waals surface area contributed by atoms with Gasteiger partial charge in [-0.3, -0.25) is 0 Å². The van der Waals surface area contributed by atoms with E-state index in [1.807, 2.05) is 0 Å². The van der Waals surface area contributed by atoms with Gasteiger partial charge in [-0.2, -0.15) is 0 Å². The first kappa shape index (κ1) is 15.5. The van der Waals surface area contributed by atoms with Crippen molar-refractivity contribution >= 4 is 5.69 Å². The zero-order chi connectivity index (χ0) is 15.9. The molecule has 0 radical (unpaired) electrons. The molecule has 3 aliphatic rings. The van der Waals surface area contributed by atoms with Crippen molar-refractivity contribution in [2.24, 2.45) is 5.92 Å². The fourth-order valence-electron chi connectivity index (χ4n) is 5.28. The number of nitrogens with one attached hydrogen (secondary N) is 1. The fraction of sp³-hybridized carbons (Fsp3) is 0.714. The van der Waals surface area contributed by atoms with Crippen LogP contribution in [0.4, 0.5) is 5.69 Å². The van der Waals surface area contributed by atoms with Gasteiger partial charge in [-0.05, 0) is 63.2 Å². The summed E-state index contributed by atoms with van der Waals surface area (Å²) in [6, 6.07) is 7.83. The SMILES string of the molecule is Cc1ccc2c(c1)C1(CCN(C3CCCCC(C)C3)CC1)CN2.[HH]. The predicted octanol–water partition coefficient (Wildman–Crippen LogP) is 4.97. The smallest absolute Gasteiger partial charge is 0.0379 e. The van der Waals surface area contributed by atoms with Crippen molar-refractivity contribution in [2.45, 2.75) is 70.3 Å². The van der Waals surface area contributed by atoms with E-state index in [4.69, 9.17) is 0 Å². The van der Waals surface area contributed by atoms with Crippen LogP contribution in [0, 0.1) is 12.8 Å². The number of nitrogens with zero attached hydrogens (tertiary/aromatic N) is 1. The summed E-state index contributed by atoms with van der Waals surface area (Å²) in [6.45, 7) is 8.44. The lowest BCUT2D eigenvalue weighted by Gasteiger charge is -2.43. The number of hydrogen-bond donors (Lipinski definition) is 1. The maximum absolute atomic E-state index is 3.68. The van der Waals surface area contributed by atoms with Gasteiger partial charge in [0.05, 0.1) is 0 Å². The highest BCUT2D eigenvalue weighted by atomic mass is 15.2. The fourth-order valence-corrected chi connectivity index (χ4v) is 5.28. The normalized spacial score (nSPS) is 30.7. The van der Waals surface area contributed by atoms with Crippen molar-refractivity contribution in [1.29, 1.82) is 0 Å². The van der Waals surface area contributed by atoms with Crippen molar-refractivity contribution in [3.8, 4) is 0 Å². The Morgan fingerprint density at radius 1 is 1.17 bits per heavy atom. The Kier molecular flexibility index (Phi) is 4.13. The van der Waals surface area contributed by atoms with Crippen LogP contribution in [0.15, 0.2) is 18.2 Å². The minimum atomic E-state index is 0. The lowest BCUT2D eigenvalue weighted by molar-refractivity contribution is 0.105. The lowest BCUT2D eigenvalue weighted by Crippen LogP contribution is -2.48. The highest BCUT2D eigenvalue weighted by Crippen LogP contribution is 2.45. The van der Waals surface area contributed by atoms with Gasteiger partial charge in [0.15, 0.2) is 0 Å². The van der Waals surface area contributed by atoms with Crippen LogP contribution in [0.25, 0.3) is 0 Å². The van der Waals surface area contributed by atoms with Gasteiger partial charge in [0, 0.05) is 25.1 Å². The van der Waals surface area contributed by atoms with Gasteiger partial charge in [0.1, 0.15) is 0 Å². The highest BCUT2D eigenvalue weighted by Gasteiger charge is 2.42. The molecule has 1 aromatic carbocycles. The summed E-state index contributed by atoms with van der Waals surface area (Å²) in [7, 11) is 0. The van der Waals surface area contributed by atoms with Crippen molar-refractivity contribution < 1.29 is 1.43 Å². The average molecular weight is 315 g/mol. The van der Waals surface area contributed by atoms with Gasteiger partial charge in [-0.15, -0.1) is 0 Å². The molecule has 1 saturated carbocycles. The predicted molar refractivity (Wildman–Crippen MR) is 100 cm³/mol. The summed E-state index contributed by atoms with van der Waals surface area (Å²) < 4.78 is 0. The number of hydrogen-bond acceptors (Lipinski definition) is 2. The third kappa shape index (κ3) is 2.91. The molecule has 2 aliphatic heterocycles. The van der Waals surface area contributed by atoms with Crippen LogP contribution in [0.5, 0.6) is 0 Å². The van der Waals surface area contributed by atoms with Crippen LogP contribution < -0.4 is 5.32 Å². The number of likely N-dealkylation sites (tertiary alicyclic amines) is 1. The Bertz CT molecular complexity index is 563. The first-order chi connectivity index (χ1) is 11.2. The molecule has 128 valence electrons. The van der Waals surface area contributed by atoms with Gasteiger partial charge in [-0.1, -0.05) is 43.9 Å². The minimum Gasteiger partial charge on any atom is -0.384 e. The van der Waals surface area contributed by atoms with Crippen molar-refractivity contribution in [3.63, 3.8) is 0 Å². The number of anilines is 1. The van der Waals surface area contributed by atoms with Crippen LogP contribution in [0.1, 0.15) is 64.4 Å². The molecule has 0 aromatic heterocycles. The summed E-state index contributed by atoms with van der Waals surface area (Å²) in [5.74, 6) is 0.926. The second-order valence-electron chi connectivity index (χ2n) is 8.50. The van der Waals surface area contributed by atoms with Gasteiger partial charge < -0.3 is 10.2 Å². The molecule has 1 aliphatic carbocycles. The highest BCUT2D eigenvalue weighted by molar-refractivity contribution is 5.61. The molecular formula is C21H34N2. The molecule has 23 heavy (non-hydrogen) atoms. The molecule has 2 unspecified atom stereocenters. The summed E-state index contributed by atoms with van der Waals surface area (Å²) in [5, 5.41) is 3.68. The lowest BCUT2D eigenvalue weighted by atomic mass is 9.73. The molecule has 1 aromatic rings. The van der Waals surface area contributed by atoms with E-state index in [0.717, 1.165) is 18.5 Å². The molecular weight excluding hydrogens is 280 g/mol. The first-order valence-corrected chi connectivity index (χ1v) is 9.75. The number of piperidine rings is 1. The molecule has 0 amide bonds. The number of aryl methyl sites for hydroxylation is 1. The van der Waals surface area contributed by atoms with E-state index in [0.29, 0.717) is 5.41 Å². The van der Waals surface area contributed by atoms with Crippen LogP contribution in [0.2, 0.25) is 0 Å². The Morgan fingerprint density at radius 2 is 1.96 bits per heavy atom. The standard InChI is InChI=1S/C21H32N2.H2/c1-16-5-3-4-6-18(13-16)23-11-9-21(10-12-23)15-22-20-8-7-17(2)14-19(20)21;/h7-8,14,16,18,22H,3-6,9-13,15H2,1-2H3;1H. The molecule has 1 spiro atoms. The molecule has 2 heterocycles. The molecule has 2 nitrogen and oxygen atoms in total. The van der Waals surface area contributed by atoms with E-state index in [1.165, 1.54) is 69.3 Å². The quantitative estimate of drug-likeness (QED) is 0.736. The number of fused-ring (bicyclic) bond motifs is 2. The van der Waals surface area contributed by atoms with Crippen LogP contribution >= 0.6 is 0 Å². The molecule has 4 rings (SSSR count). The van der Waals surface area contributed by atoms with Crippen LogP contribution in [-0.2, 0) is 5.41 Å². The molecule has 2 fully saturated rings. The summed E-state index contributed by atoms with van der Waals surface area (Å²) in [6.07, 6.45) is 9.88. The van der Waals surface area contributed by atoms with E-state index >= 15 is 0 Å². The molecule has 1 N–H and O–H groups in total. The van der Waals surface area contributed by atoms with Gasteiger partial charge in [0.25, 0.3) is 0 Å². The monoisotopic (exact) mass is 314 g/mol. The van der Waals surface area contributed by atoms with Gasteiger partial charge in [0.2, 0.25) is 0 Å². The summed E-state index contributed by atoms with van der Waals surface area (Å²) in [5.41, 5.74) is 4.82. The van der Waals surface area contributed by atoms with Crippen molar-refractivity contribution in [1.82, 2.24) is 4.90 Å². The molecule has 0 bridgehead atoms. The second kappa shape index (κ2) is 6.12. The average Bonchev–Trinajstić information content (AvgIpc) is 2.74. The second-order valence-corrected chi connectivity index (χ2v) is 8.50. The van der Waals surface area contributed by atoms with E-state index in [1.54, 1.807) is 5.56 Å². The molecule has 1 saturated heterocycles. The third-order valence-corrected chi connectivity index (χ3v) is 6.79. The minimum absolute atomic E-state index is 0. The maximum atomic E-state index is 3.68. The number of benzene rings is 1. The van der Waals surface area contributed by atoms with E-state index in [9.17, 15) is 0 Å². The Morgan fingerprint density at radius 3 is 2.78 bits per heavy atom. The van der Waals surface area contributed by atoms with E-state index in [2.05, 4.69) is 42.3 Å². The third-order valence-electron chi connectivity index (χ3n) is 6.79. The van der Waals surface area contributed by atoms with Crippen molar-refractivity contribution in [3.05, 3.63) is 29.3 Å². The van der Waals surface area contributed by atoms with Gasteiger partial charge >= 0.3 is 0 Å². The van der Waals surface area contributed by atoms with Crippen LogP contribution in [0.3, 0.4) is 0 Å². The summed E-state index contributed by atoms with van der Waals surface area (Å²) >= 11 is 0. The Hall–Kier alpha value is -1.02. The van der Waals surface area contributed by atoms with Crippen molar-refractivity contribution in [2.75, 3.05) is 25.0 Å². The Balaban J connectivity index is 0.00000169. The molecule has 2 atom stereocenters. The number of rotatable bonds is 1. The van der Waals surface area contributed by atoms with Crippen LogP contribution in [-0.4, -0.2) is 30.6 Å². The molecule has 2 heteroatoms. The van der Waals surface area contributed by atoms with E-state index < -0.39 is 0 Å². The maximum Gasteiger partial charge on any atom is 0.0379 e. The topological polar surface area (TPSA) is 15.3 Å². The zero-order valence-electron chi connectivity index (χ0n) is 14.9. The largest absolute Gasteiger partial charge is 0.384 e. The Labute approximate surface area is 143 Å². The van der Waals surface area contributed by atoms with Gasteiger partial charge in [-0.25, -0.2) is 0 Å². The zero-order valence-corrected chi connectivity index (χ0v) is 14.9. The summed E-state index contributed by atoms with van der Waals surface area (Å²) in [4.78, 5) is 2.83. The first-order valence-electron chi connectivity index (χ1n) is 9.75.